The zero-order valence-corrected chi connectivity index (χ0v) is 15.1. The van der Waals surface area contributed by atoms with Gasteiger partial charge in [0.05, 0.1) is 0 Å². The Hall–Kier alpha value is -0.910. The quantitative estimate of drug-likeness (QED) is 0.848. The van der Waals surface area contributed by atoms with Crippen LogP contribution >= 0.6 is 11.3 Å². The highest BCUT2D eigenvalue weighted by atomic mass is 32.1. The van der Waals surface area contributed by atoms with Crippen LogP contribution in [0.1, 0.15) is 56.2 Å². The normalized spacial score (nSPS) is 33.5. The van der Waals surface area contributed by atoms with Gasteiger partial charge in [0.1, 0.15) is 6.10 Å². The van der Waals surface area contributed by atoms with Crippen LogP contribution in [0, 0.1) is 5.92 Å². The van der Waals surface area contributed by atoms with Crippen molar-refractivity contribution in [2.24, 2.45) is 5.92 Å². The number of hydrogen-bond acceptors (Lipinski definition) is 5. The van der Waals surface area contributed by atoms with Crippen molar-refractivity contribution >= 4 is 17.3 Å². The molecule has 0 aromatic carbocycles. The molecule has 1 N–H and O–H groups in total. The number of rotatable bonds is 4. The van der Waals surface area contributed by atoms with E-state index in [1.54, 1.807) is 0 Å². The van der Waals surface area contributed by atoms with Gasteiger partial charge in [0, 0.05) is 22.9 Å². The third-order valence-electron chi connectivity index (χ3n) is 6.52. The predicted molar refractivity (Wildman–Crippen MR) is 93.9 cm³/mol. The molecule has 4 rings (SSSR count). The van der Waals surface area contributed by atoms with Gasteiger partial charge in [-0.15, -0.1) is 11.3 Å². The highest BCUT2D eigenvalue weighted by molar-refractivity contribution is 7.10. The molecule has 1 unspecified atom stereocenters. The average Bonchev–Trinajstić information content (AvgIpc) is 3.31. The molecule has 1 aromatic rings. The Balaban J connectivity index is 1.56. The van der Waals surface area contributed by atoms with E-state index in [1.165, 1.54) is 17.8 Å². The van der Waals surface area contributed by atoms with Crippen LogP contribution in [0.15, 0.2) is 17.5 Å². The van der Waals surface area contributed by atoms with Crippen LogP contribution in [0.2, 0.25) is 0 Å². The fraction of sp³-hybridized carbons (Fsp3) is 0.737. The van der Waals surface area contributed by atoms with Gasteiger partial charge < -0.3 is 9.84 Å². The summed E-state index contributed by atoms with van der Waals surface area (Å²) in [6.45, 7) is 0. The first-order valence-electron chi connectivity index (χ1n) is 9.30. The summed E-state index contributed by atoms with van der Waals surface area (Å²) in [5, 5.41) is 13.4. The van der Waals surface area contributed by atoms with Crippen molar-refractivity contribution in [2.45, 2.75) is 75.2 Å². The van der Waals surface area contributed by atoms with Crippen LogP contribution < -0.4 is 0 Å². The molecule has 2 aliphatic heterocycles. The zero-order chi connectivity index (χ0) is 16.7. The van der Waals surface area contributed by atoms with Crippen molar-refractivity contribution in [1.29, 1.82) is 0 Å². The molecule has 24 heavy (non-hydrogen) atoms. The van der Waals surface area contributed by atoms with E-state index in [-0.39, 0.29) is 12.0 Å². The van der Waals surface area contributed by atoms with Crippen molar-refractivity contribution in [3.05, 3.63) is 22.4 Å². The molecule has 0 spiro atoms. The molecule has 1 saturated carbocycles. The number of hydrogen-bond donors (Lipinski definition) is 1. The van der Waals surface area contributed by atoms with Gasteiger partial charge in [0.2, 0.25) is 0 Å². The number of carbonyl (C=O) groups is 1. The highest BCUT2D eigenvalue weighted by Gasteiger charge is 2.51. The molecule has 0 radical (unpaired) electrons. The van der Waals surface area contributed by atoms with Crippen LogP contribution in [0.4, 0.5) is 0 Å². The molecule has 3 fully saturated rings. The Morgan fingerprint density at radius 2 is 2.00 bits per heavy atom. The number of thiophene rings is 1. The molecule has 1 aliphatic carbocycles. The summed E-state index contributed by atoms with van der Waals surface area (Å²) in [5.74, 6) is -0.429. The summed E-state index contributed by atoms with van der Waals surface area (Å²) in [4.78, 5) is 16.2. The first-order chi connectivity index (χ1) is 11.6. The lowest BCUT2D eigenvalue weighted by Crippen LogP contribution is -2.50. The fourth-order valence-electron chi connectivity index (χ4n) is 5.06. The highest BCUT2D eigenvalue weighted by Crippen LogP contribution is 2.44. The zero-order valence-electron chi connectivity index (χ0n) is 14.3. The number of ether oxygens (including phenoxy) is 1. The maximum atomic E-state index is 13.1. The number of nitrogens with zero attached hydrogens (tertiary/aromatic N) is 1. The van der Waals surface area contributed by atoms with E-state index in [9.17, 15) is 9.90 Å². The number of carbonyl (C=O) groups excluding carboxylic acids is 1. The largest absolute Gasteiger partial charge is 0.458 e. The van der Waals surface area contributed by atoms with Crippen molar-refractivity contribution in [2.75, 3.05) is 7.05 Å². The van der Waals surface area contributed by atoms with Crippen molar-refractivity contribution in [3.8, 4) is 0 Å². The molecule has 1 aromatic heterocycles. The summed E-state index contributed by atoms with van der Waals surface area (Å²) < 4.78 is 5.97. The van der Waals surface area contributed by atoms with Crippen LogP contribution in [0.25, 0.3) is 0 Å². The molecule has 3 aliphatic rings. The molecule has 4 nitrogen and oxygen atoms in total. The summed E-state index contributed by atoms with van der Waals surface area (Å²) in [6.07, 6.45) is 8.22. The second-order valence-corrected chi connectivity index (χ2v) is 8.66. The molecular weight excluding hydrogens is 322 g/mol. The Labute approximate surface area is 147 Å². The minimum absolute atomic E-state index is 0.0127. The second-order valence-electron chi connectivity index (χ2n) is 7.71. The number of likely N-dealkylation sites (N-methyl/N-ethyl adjacent to an activating group) is 1. The van der Waals surface area contributed by atoms with Gasteiger partial charge in [-0.3, -0.25) is 4.90 Å². The third-order valence-corrected chi connectivity index (χ3v) is 7.52. The van der Waals surface area contributed by atoms with Gasteiger partial charge in [-0.1, -0.05) is 18.9 Å². The van der Waals surface area contributed by atoms with Gasteiger partial charge in [-0.2, -0.15) is 0 Å². The van der Waals surface area contributed by atoms with E-state index in [0.29, 0.717) is 12.1 Å². The van der Waals surface area contributed by atoms with E-state index in [1.807, 2.05) is 17.5 Å². The SMILES string of the molecule is CN1[C@@H]2CC[C@@H]1[C@H](OC(=O)C(O)(c1cccs1)C1CCCC1)CC2. The number of esters is 1. The monoisotopic (exact) mass is 349 g/mol. The predicted octanol–water partition coefficient (Wildman–Crippen LogP) is 3.29. The lowest BCUT2D eigenvalue weighted by Gasteiger charge is -2.39. The minimum Gasteiger partial charge on any atom is -0.458 e. The number of piperidine rings is 1. The first-order valence-corrected chi connectivity index (χ1v) is 10.2. The minimum atomic E-state index is -1.46. The van der Waals surface area contributed by atoms with E-state index >= 15 is 0 Å². The van der Waals surface area contributed by atoms with Gasteiger partial charge in [-0.05, 0) is 57.0 Å². The lowest BCUT2D eigenvalue weighted by molar-refractivity contribution is -0.183. The standard InChI is InChI=1S/C19H27NO3S/c1-20-14-8-10-15(20)16(11-9-14)23-18(21)19(22,13-5-2-3-6-13)17-7-4-12-24-17/h4,7,12-16,22H,2-3,5-6,8-11H2,1H3/t14-,15-,16-,19?/m1/s1. The lowest BCUT2D eigenvalue weighted by atomic mass is 9.84. The summed E-state index contributed by atoms with van der Waals surface area (Å²) in [7, 11) is 2.14. The molecule has 2 saturated heterocycles. The number of fused-ring (bicyclic) bond motifs is 2. The Morgan fingerprint density at radius 1 is 1.25 bits per heavy atom. The smallest absolute Gasteiger partial charge is 0.344 e. The molecule has 0 amide bonds. The van der Waals surface area contributed by atoms with Crippen molar-refractivity contribution < 1.29 is 14.6 Å². The summed E-state index contributed by atoms with van der Waals surface area (Å²) in [6, 6.07) is 4.76. The fourth-order valence-corrected chi connectivity index (χ4v) is 5.95. The first kappa shape index (κ1) is 16.6. The maximum absolute atomic E-state index is 13.1. The van der Waals surface area contributed by atoms with Gasteiger partial charge in [0.15, 0.2) is 5.60 Å². The van der Waals surface area contributed by atoms with E-state index in [4.69, 9.17) is 4.74 Å². The summed E-state index contributed by atoms with van der Waals surface area (Å²) in [5.41, 5.74) is -1.46. The van der Waals surface area contributed by atoms with Crippen LogP contribution in [-0.4, -0.2) is 41.2 Å². The molecular formula is C19H27NO3S. The van der Waals surface area contributed by atoms with Crippen molar-refractivity contribution in [3.63, 3.8) is 0 Å². The van der Waals surface area contributed by atoms with Crippen LogP contribution in [-0.2, 0) is 15.1 Å². The maximum Gasteiger partial charge on any atom is 0.344 e. The Bertz CT molecular complexity index is 583. The molecule has 3 heterocycles. The van der Waals surface area contributed by atoms with Crippen molar-refractivity contribution in [1.82, 2.24) is 4.90 Å². The van der Waals surface area contributed by atoms with Gasteiger partial charge in [0.25, 0.3) is 0 Å². The van der Waals surface area contributed by atoms with Crippen LogP contribution in [0.3, 0.4) is 0 Å². The van der Waals surface area contributed by atoms with E-state index in [0.717, 1.165) is 49.8 Å². The van der Waals surface area contributed by atoms with Gasteiger partial charge >= 0.3 is 5.97 Å². The van der Waals surface area contributed by atoms with Crippen LogP contribution in [0.5, 0.6) is 0 Å². The van der Waals surface area contributed by atoms with Gasteiger partial charge in [-0.25, -0.2) is 4.79 Å². The molecule has 132 valence electrons. The molecule has 2 bridgehead atoms. The van der Waals surface area contributed by atoms with E-state index in [2.05, 4.69) is 11.9 Å². The average molecular weight is 349 g/mol. The topological polar surface area (TPSA) is 49.8 Å². The Morgan fingerprint density at radius 3 is 2.71 bits per heavy atom. The second kappa shape index (κ2) is 6.43. The molecule has 4 atom stereocenters. The Kier molecular flexibility index (Phi) is 4.43. The van der Waals surface area contributed by atoms with E-state index < -0.39 is 11.6 Å². The summed E-state index contributed by atoms with van der Waals surface area (Å²) >= 11 is 1.46. The number of aliphatic hydroxyl groups is 1. The third kappa shape index (κ3) is 2.61. The molecule has 5 heteroatoms.